The summed E-state index contributed by atoms with van der Waals surface area (Å²) in [6.07, 6.45) is 7.58. The molecule has 0 saturated heterocycles. The molecule has 0 unspecified atom stereocenters. The molecular formula is C68H48N6O. The van der Waals surface area contributed by atoms with Crippen LogP contribution < -0.4 is 4.74 Å². The summed E-state index contributed by atoms with van der Waals surface area (Å²) >= 11 is 0. The monoisotopic (exact) mass is 964 g/mol. The van der Waals surface area contributed by atoms with E-state index in [2.05, 4.69) is 140 Å². The van der Waals surface area contributed by atoms with Crippen molar-refractivity contribution >= 4 is 5.57 Å². The molecule has 1 aliphatic rings. The second-order valence-corrected chi connectivity index (χ2v) is 18.3. The van der Waals surface area contributed by atoms with E-state index in [-0.39, 0.29) is 0 Å². The molecule has 356 valence electrons. The number of hydrogen-bond acceptors (Lipinski definition) is 7. The van der Waals surface area contributed by atoms with Crippen molar-refractivity contribution in [1.29, 1.82) is 0 Å². The standard InChI is InChI=1S/C68H48N6O/c1-3-4-8-23-46(2)62-69-63(47-24-9-5-10-25-47)72-66(70-62)54-34-19-30-50(42-54)52-32-21-36-56(44-52)68(58-38-15-17-40-60(58)75-61-41-18-16-39-59(61)68)57-37-22-33-53(45-57)51-31-20-35-55(43-51)67-73-64(48-26-11-6-12-27-48)71-65(74-67)49-28-13-7-14-29-49/h3-45H,1H2,2H3/b8-4-,46-23+. The summed E-state index contributed by atoms with van der Waals surface area (Å²) in [5.41, 5.74) is 13.1. The maximum absolute atomic E-state index is 6.76. The third-order valence-corrected chi connectivity index (χ3v) is 13.6. The molecule has 12 rings (SSSR count). The highest BCUT2D eigenvalue weighted by Crippen LogP contribution is 2.56. The van der Waals surface area contributed by atoms with Crippen molar-refractivity contribution in [3.63, 3.8) is 0 Å². The summed E-state index contributed by atoms with van der Waals surface area (Å²) in [7, 11) is 0. The lowest BCUT2D eigenvalue weighted by Gasteiger charge is -2.41. The van der Waals surface area contributed by atoms with Gasteiger partial charge in [0, 0.05) is 38.9 Å². The second-order valence-electron chi connectivity index (χ2n) is 18.3. The third kappa shape index (κ3) is 9.04. The molecule has 0 aliphatic carbocycles. The largest absolute Gasteiger partial charge is 0.457 e. The predicted octanol–water partition coefficient (Wildman–Crippen LogP) is 16.4. The van der Waals surface area contributed by atoms with Crippen LogP contribution in [0.3, 0.4) is 0 Å². The number of fused-ring (bicyclic) bond motifs is 2. The Morgan fingerprint density at radius 3 is 1.16 bits per heavy atom. The fourth-order valence-electron chi connectivity index (χ4n) is 10.0. The minimum Gasteiger partial charge on any atom is -0.457 e. The molecule has 7 heteroatoms. The number of rotatable bonds is 12. The minimum atomic E-state index is -0.798. The summed E-state index contributed by atoms with van der Waals surface area (Å²) in [4.78, 5) is 30.1. The Kier molecular flexibility index (Phi) is 12.5. The van der Waals surface area contributed by atoms with Crippen LogP contribution in [0.4, 0.5) is 0 Å². The normalized spacial score (nSPS) is 12.6. The number of benzene rings is 9. The quantitative estimate of drug-likeness (QED) is 0.113. The highest BCUT2D eigenvalue weighted by molar-refractivity contribution is 5.78. The first-order valence-corrected chi connectivity index (χ1v) is 25.0. The smallest absolute Gasteiger partial charge is 0.164 e. The van der Waals surface area contributed by atoms with Crippen molar-refractivity contribution in [3.8, 4) is 90.7 Å². The van der Waals surface area contributed by atoms with Crippen LogP contribution in [0.15, 0.2) is 267 Å². The SMILES string of the molecule is C=C/C=C\C=C(/C)c1nc(-c2ccccc2)nc(-c2cccc(-c3cccc(C4(c5cccc(-c6cccc(-c7nc(-c8ccccc8)nc(-c8ccccc8)n7)c6)c5)c5ccccc5Oc5ccccc54)c3)c2)n1. The van der Waals surface area contributed by atoms with Crippen LogP contribution >= 0.6 is 0 Å². The summed E-state index contributed by atoms with van der Waals surface area (Å²) in [5.74, 6) is 5.24. The van der Waals surface area contributed by atoms with E-state index in [1.807, 2.05) is 128 Å². The molecule has 0 spiro atoms. The van der Waals surface area contributed by atoms with E-state index in [1.165, 1.54) is 0 Å². The molecule has 11 aromatic rings. The van der Waals surface area contributed by atoms with E-state index < -0.39 is 5.41 Å². The predicted molar refractivity (Wildman–Crippen MR) is 303 cm³/mol. The zero-order valence-corrected chi connectivity index (χ0v) is 41.1. The lowest BCUT2D eigenvalue weighted by atomic mass is 9.63. The van der Waals surface area contributed by atoms with Crippen LogP contribution in [-0.4, -0.2) is 29.9 Å². The van der Waals surface area contributed by atoms with Gasteiger partial charge in [-0.05, 0) is 82.3 Å². The zero-order chi connectivity index (χ0) is 50.6. The molecule has 0 N–H and O–H groups in total. The average Bonchev–Trinajstić information content (AvgIpc) is 3.56. The van der Waals surface area contributed by atoms with Gasteiger partial charge in [0.1, 0.15) is 11.5 Å². The van der Waals surface area contributed by atoms with Crippen LogP contribution in [0.5, 0.6) is 11.5 Å². The van der Waals surface area contributed by atoms with Gasteiger partial charge in [-0.1, -0.05) is 231 Å². The lowest BCUT2D eigenvalue weighted by Crippen LogP contribution is -2.34. The fraction of sp³-hybridized carbons (Fsp3) is 0.0294. The van der Waals surface area contributed by atoms with Gasteiger partial charge in [-0.25, -0.2) is 29.9 Å². The van der Waals surface area contributed by atoms with Gasteiger partial charge < -0.3 is 4.74 Å². The molecule has 2 aromatic heterocycles. The molecule has 0 amide bonds. The highest BCUT2D eigenvalue weighted by Gasteiger charge is 2.45. The third-order valence-electron chi connectivity index (χ3n) is 13.6. The van der Waals surface area contributed by atoms with E-state index in [1.54, 1.807) is 6.08 Å². The molecule has 7 nitrogen and oxygen atoms in total. The van der Waals surface area contributed by atoms with Crippen LogP contribution in [0.1, 0.15) is 35.0 Å². The fourth-order valence-corrected chi connectivity index (χ4v) is 10.0. The van der Waals surface area contributed by atoms with Gasteiger partial charge in [-0.3, -0.25) is 0 Å². The van der Waals surface area contributed by atoms with E-state index in [0.29, 0.717) is 34.9 Å². The molecule has 0 saturated carbocycles. The number of aromatic nitrogens is 6. The van der Waals surface area contributed by atoms with Crippen LogP contribution in [0.25, 0.3) is 84.8 Å². The van der Waals surface area contributed by atoms with Crippen LogP contribution in [0.2, 0.25) is 0 Å². The Morgan fingerprint density at radius 2 is 0.707 bits per heavy atom. The Hall–Kier alpha value is -9.98. The van der Waals surface area contributed by atoms with Gasteiger partial charge in [-0.2, -0.15) is 0 Å². The number of ether oxygens (including phenoxy) is 1. The van der Waals surface area contributed by atoms with E-state index >= 15 is 0 Å². The van der Waals surface area contributed by atoms with Gasteiger partial charge in [0.15, 0.2) is 34.9 Å². The Bertz CT molecular complexity index is 3860. The zero-order valence-electron chi connectivity index (χ0n) is 41.1. The number of para-hydroxylation sites is 2. The van der Waals surface area contributed by atoms with Crippen LogP contribution in [-0.2, 0) is 5.41 Å². The topological polar surface area (TPSA) is 86.6 Å². The number of allylic oxidation sites excluding steroid dienone is 5. The molecule has 1 aliphatic heterocycles. The van der Waals surface area contributed by atoms with E-state index in [4.69, 9.17) is 34.6 Å². The maximum Gasteiger partial charge on any atom is 0.164 e. The summed E-state index contributed by atoms with van der Waals surface area (Å²) < 4.78 is 6.76. The maximum atomic E-state index is 6.76. The molecule has 9 aromatic carbocycles. The van der Waals surface area contributed by atoms with Crippen LogP contribution in [0, 0.1) is 0 Å². The highest BCUT2D eigenvalue weighted by atomic mass is 16.5. The van der Waals surface area contributed by atoms with Crippen molar-refractivity contribution in [2.75, 3.05) is 0 Å². The summed E-state index contributed by atoms with van der Waals surface area (Å²) in [5, 5.41) is 0. The van der Waals surface area contributed by atoms with Gasteiger partial charge >= 0.3 is 0 Å². The molecule has 0 bridgehead atoms. The molecular weight excluding hydrogens is 917 g/mol. The van der Waals surface area contributed by atoms with Gasteiger partial charge in [0.25, 0.3) is 0 Å². The second kappa shape index (κ2) is 20.3. The first kappa shape index (κ1) is 46.1. The van der Waals surface area contributed by atoms with Crippen molar-refractivity contribution in [2.45, 2.75) is 12.3 Å². The lowest BCUT2D eigenvalue weighted by molar-refractivity contribution is 0.434. The Morgan fingerprint density at radius 1 is 0.360 bits per heavy atom. The van der Waals surface area contributed by atoms with Crippen molar-refractivity contribution in [1.82, 2.24) is 29.9 Å². The first-order valence-electron chi connectivity index (χ1n) is 25.0. The minimum absolute atomic E-state index is 0.589. The first-order chi connectivity index (χ1) is 37.0. The van der Waals surface area contributed by atoms with Crippen molar-refractivity contribution < 1.29 is 4.74 Å². The summed E-state index contributed by atoms with van der Waals surface area (Å²) in [6, 6.07) is 81.8. The number of hydrogen-bond donors (Lipinski definition) is 0. The average molecular weight is 965 g/mol. The number of nitrogens with zero attached hydrogens (tertiary/aromatic N) is 6. The van der Waals surface area contributed by atoms with Crippen molar-refractivity contribution in [2.24, 2.45) is 0 Å². The van der Waals surface area contributed by atoms with E-state index in [0.717, 1.165) is 89.4 Å². The molecule has 0 radical (unpaired) electrons. The Labute approximate surface area is 436 Å². The molecule has 0 atom stereocenters. The van der Waals surface area contributed by atoms with Gasteiger partial charge in [0.05, 0.1) is 5.41 Å². The van der Waals surface area contributed by atoms with Crippen molar-refractivity contribution in [3.05, 3.63) is 296 Å². The van der Waals surface area contributed by atoms with Gasteiger partial charge in [-0.15, -0.1) is 0 Å². The summed E-state index contributed by atoms with van der Waals surface area (Å²) in [6.45, 7) is 5.83. The molecule has 3 heterocycles. The Balaban J connectivity index is 0.989. The van der Waals surface area contributed by atoms with Gasteiger partial charge in [0.2, 0.25) is 0 Å². The molecule has 0 fully saturated rings. The van der Waals surface area contributed by atoms with E-state index in [9.17, 15) is 0 Å². The molecule has 75 heavy (non-hydrogen) atoms.